The van der Waals surface area contributed by atoms with Crippen LogP contribution in [-0.2, 0) is 4.74 Å². The molecule has 0 bridgehead atoms. The van der Waals surface area contributed by atoms with Gasteiger partial charge in [-0.3, -0.25) is 4.98 Å². The van der Waals surface area contributed by atoms with E-state index in [4.69, 9.17) is 4.74 Å². The summed E-state index contributed by atoms with van der Waals surface area (Å²) in [5, 5.41) is 4.25. The van der Waals surface area contributed by atoms with Crippen molar-refractivity contribution in [3.8, 4) is 11.3 Å². The van der Waals surface area contributed by atoms with E-state index in [2.05, 4.69) is 44.9 Å². The van der Waals surface area contributed by atoms with E-state index < -0.39 is 5.97 Å². The predicted molar refractivity (Wildman–Crippen MR) is 112 cm³/mol. The molecule has 0 radical (unpaired) electrons. The molecule has 7 nitrogen and oxygen atoms in total. The predicted octanol–water partition coefficient (Wildman–Crippen LogP) is 4.60. The summed E-state index contributed by atoms with van der Waals surface area (Å²) in [6.45, 7) is 4.27. The van der Waals surface area contributed by atoms with Gasteiger partial charge in [-0.1, -0.05) is 6.07 Å². The fourth-order valence-corrected chi connectivity index (χ4v) is 3.27. The number of nitrogens with one attached hydrogen (secondary N) is 1. The average Bonchev–Trinajstić information content (AvgIpc) is 3.14. The fourth-order valence-electron chi connectivity index (χ4n) is 3.27. The Labute approximate surface area is 168 Å². The van der Waals surface area contributed by atoms with Crippen molar-refractivity contribution in [2.45, 2.75) is 19.9 Å². The maximum Gasteiger partial charge on any atom is 0.337 e. The average molecular weight is 387 g/mol. The molecular weight excluding hydrogens is 366 g/mol. The number of carbonyl (C=O) groups excluding carboxylic acids is 1. The molecule has 0 fully saturated rings. The molecule has 1 aromatic carbocycles. The minimum absolute atomic E-state index is 0.302. The van der Waals surface area contributed by atoms with Crippen LogP contribution in [0.1, 0.15) is 30.2 Å². The normalized spacial score (nSPS) is 11.0. The smallest absolute Gasteiger partial charge is 0.337 e. The van der Waals surface area contributed by atoms with Crippen molar-refractivity contribution < 1.29 is 9.53 Å². The van der Waals surface area contributed by atoms with Gasteiger partial charge in [-0.05, 0) is 44.2 Å². The lowest BCUT2D eigenvalue weighted by atomic mass is 10.1. The second-order valence-corrected chi connectivity index (χ2v) is 6.90. The third-order valence-electron chi connectivity index (χ3n) is 4.66. The first-order valence-electron chi connectivity index (χ1n) is 9.30. The van der Waals surface area contributed by atoms with Crippen molar-refractivity contribution in [2.24, 2.45) is 0 Å². The SMILES string of the molecule is COC(=O)c1cccc(Nc2nccc(-c3cn(C(C)C)c4cnccc34)n2)c1. The lowest BCUT2D eigenvalue weighted by molar-refractivity contribution is 0.0601. The number of esters is 1. The van der Waals surface area contributed by atoms with E-state index in [1.807, 2.05) is 24.4 Å². The van der Waals surface area contributed by atoms with Crippen molar-refractivity contribution in [3.63, 3.8) is 0 Å². The fraction of sp³-hybridized carbons (Fsp3) is 0.182. The quantitative estimate of drug-likeness (QED) is 0.504. The number of methoxy groups -OCH3 is 1. The van der Waals surface area contributed by atoms with Gasteiger partial charge in [0.15, 0.2) is 0 Å². The highest BCUT2D eigenvalue weighted by molar-refractivity contribution is 5.95. The summed E-state index contributed by atoms with van der Waals surface area (Å²) in [4.78, 5) is 25.0. The van der Waals surface area contributed by atoms with E-state index in [1.165, 1.54) is 7.11 Å². The number of pyridine rings is 1. The van der Waals surface area contributed by atoms with E-state index in [0.29, 0.717) is 23.2 Å². The molecule has 0 amide bonds. The molecule has 146 valence electrons. The van der Waals surface area contributed by atoms with Crippen LogP contribution in [0.2, 0.25) is 0 Å². The Balaban J connectivity index is 1.70. The lowest BCUT2D eigenvalue weighted by Gasteiger charge is -2.08. The molecule has 0 saturated carbocycles. The number of ether oxygens (including phenoxy) is 1. The molecule has 4 rings (SSSR count). The molecule has 0 atom stereocenters. The van der Waals surface area contributed by atoms with Crippen LogP contribution in [0, 0.1) is 0 Å². The molecule has 1 N–H and O–H groups in total. The third-order valence-corrected chi connectivity index (χ3v) is 4.66. The van der Waals surface area contributed by atoms with Crippen molar-refractivity contribution in [3.05, 3.63) is 66.7 Å². The summed E-state index contributed by atoms with van der Waals surface area (Å²) in [5.41, 5.74) is 4.06. The van der Waals surface area contributed by atoms with Gasteiger partial charge < -0.3 is 14.6 Å². The van der Waals surface area contributed by atoms with Gasteiger partial charge in [0.1, 0.15) is 0 Å². The van der Waals surface area contributed by atoms with Crippen LogP contribution in [0.3, 0.4) is 0 Å². The maximum atomic E-state index is 11.8. The number of fused-ring (bicyclic) bond motifs is 1. The monoisotopic (exact) mass is 387 g/mol. The van der Waals surface area contributed by atoms with Gasteiger partial charge in [0.2, 0.25) is 5.95 Å². The number of aromatic nitrogens is 4. The standard InChI is InChI=1S/C22H21N5O2/c1-14(2)27-13-18(17-7-9-23-12-20(17)27)19-8-10-24-22(26-19)25-16-6-4-5-15(11-16)21(28)29-3/h4-14H,1-3H3,(H,24,25,26). The van der Waals surface area contributed by atoms with Gasteiger partial charge in [0.25, 0.3) is 0 Å². The summed E-state index contributed by atoms with van der Waals surface area (Å²) >= 11 is 0. The molecule has 0 saturated heterocycles. The number of nitrogens with zero attached hydrogens (tertiary/aromatic N) is 4. The lowest BCUT2D eigenvalue weighted by Crippen LogP contribution is -2.03. The molecule has 29 heavy (non-hydrogen) atoms. The van der Waals surface area contributed by atoms with Crippen LogP contribution in [0.25, 0.3) is 22.2 Å². The van der Waals surface area contributed by atoms with Crippen LogP contribution in [0.15, 0.2) is 61.2 Å². The van der Waals surface area contributed by atoms with E-state index in [-0.39, 0.29) is 0 Å². The molecule has 0 aliphatic carbocycles. The van der Waals surface area contributed by atoms with E-state index >= 15 is 0 Å². The van der Waals surface area contributed by atoms with Crippen molar-refractivity contribution >= 4 is 28.5 Å². The highest BCUT2D eigenvalue weighted by atomic mass is 16.5. The Hall–Kier alpha value is -3.74. The van der Waals surface area contributed by atoms with Gasteiger partial charge in [0, 0.05) is 41.3 Å². The van der Waals surface area contributed by atoms with Crippen molar-refractivity contribution in [1.82, 2.24) is 19.5 Å². The summed E-state index contributed by atoms with van der Waals surface area (Å²) in [5.74, 6) is 0.0578. The van der Waals surface area contributed by atoms with Crippen LogP contribution in [-0.4, -0.2) is 32.6 Å². The highest BCUT2D eigenvalue weighted by Gasteiger charge is 2.14. The Morgan fingerprint density at radius 3 is 2.83 bits per heavy atom. The van der Waals surface area contributed by atoms with E-state index in [0.717, 1.165) is 22.2 Å². The number of hydrogen-bond acceptors (Lipinski definition) is 6. The molecule has 3 aromatic heterocycles. The Kier molecular flexibility index (Phi) is 4.95. The molecule has 0 unspecified atom stereocenters. The summed E-state index contributed by atoms with van der Waals surface area (Å²) in [6.07, 6.45) is 7.47. The van der Waals surface area contributed by atoms with Gasteiger partial charge in [-0.25, -0.2) is 14.8 Å². The number of anilines is 2. The zero-order valence-electron chi connectivity index (χ0n) is 16.5. The van der Waals surface area contributed by atoms with Gasteiger partial charge in [-0.2, -0.15) is 0 Å². The van der Waals surface area contributed by atoms with Crippen molar-refractivity contribution in [1.29, 1.82) is 0 Å². The number of hydrogen-bond donors (Lipinski definition) is 1. The summed E-state index contributed by atoms with van der Waals surface area (Å²) < 4.78 is 6.96. The van der Waals surface area contributed by atoms with Gasteiger partial charge in [0.05, 0.1) is 30.1 Å². The zero-order valence-corrected chi connectivity index (χ0v) is 16.5. The molecule has 0 aliphatic heterocycles. The Morgan fingerprint density at radius 1 is 1.17 bits per heavy atom. The number of carbonyl (C=O) groups is 1. The molecule has 0 aliphatic rings. The maximum absolute atomic E-state index is 11.8. The topological polar surface area (TPSA) is 81.9 Å². The minimum atomic E-state index is -0.390. The van der Waals surface area contributed by atoms with Crippen LogP contribution < -0.4 is 5.32 Å². The first-order chi connectivity index (χ1) is 14.1. The van der Waals surface area contributed by atoms with Crippen LogP contribution in [0.4, 0.5) is 11.6 Å². The van der Waals surface area contributed by atoms with Gasteiger partial charge >= 0.3 is 5.97 Å². The molecule has 7 heteroatoms. The molecule has 4 aromatic rings. The number of rotatable bonds is 5. The largest absolute Gasteiger partial charge is 0.465 e. The summed E-state index contributed by atoms with van der Waals surface area (Å²) in [6, 6.07) is 11.2. The van der Waals surface area contributed by atoms with Crippen LogP contribution >= 0.6 is 0 Å². The van der Waals surface area contributed by atoms with E-state index in [1.54, 1.807) is 30.6 Å². The minimum Gasteiger partial charge on any atom is -0.465 e. The summed E-state index contributed by atoms with van der Waals surface area (Å²) in [7, 11) is 1.36. The second kappa shape index (κ2) is 7.71. The molecule has 3 heterocycles. The second-order valence-electron chi connectivity index (χ2n) is 6.90. The molecule has 0 spiro atoms. The van der Waals surface area contributed by atoms with Gasteiger partial charge in [-0.15, -0.1) is 0 Å². The third kappa shape index (κ3) is 3.67. The van der Waals surface area contributed by atoms with E-state index in [9.17, 15) is 4.79 Å². The Morgan fingerprint density at radius 2 is 2.03 bits per heavy atom. The zero-order chi connectivity index (χ0) is 20.4. The Bertz CT molecular complexity index is 1180. The number of benzene rings is 1. The highest BCUT2D eigenvalue weighted by Crippen LogP contribution is 2.31. The first-order valence-corrected chi connectivity index (χ1v) is 9.30. The molecular formula is C22H21N5O2. The van der Waals surface area contributed by atoms with Crippen molar-refractivity contribution in [2.75, 3.05) is 12.4 Å². The van der Waals surface area contributed by atoms with Crippen LogP contribution in [0.5, 0.6) is 0 Å². The first kappa shape index (κ1) is 18.6.